The Morgan fingerprint density at radius 1 is 1.05 bits per heavy atom. The Kier molecular flexibility index (Phi) is 2.90. The molecule has 0 radical (unpaired) electrons. The number of aromatic nitrogens is 1. The first kappa shape index (κ1) is 13.3. The van der Waals surface area contributed by atoms with E-state index >= 15 is 0 Å². The van der Waals surface area contributed by atoms with E-state index in [9.17, 15) is 4.21 Å². The van der Waals surface area contributed by atoms with Crippen molar-refractivity contribution < 1.29 is 17.1 Å². The highest BCUT2D eigenvalue weighted by Gasteiger charge is 2.32. The minimum Gasteiger partial charge on any atom is -0.367 e. The predicted octanol–water partition coefficient (Wildman–Crippen LogP) is 2.99. The molecular formula is C17H14NO3S+. The Morgan fingerprint density at radius 3 is 2.73 bits per heavy atom. The van der Waals surface area contributed by atoms with Crippen LogP contribution in [0.1, 0.15) is 5.56 Å². The zero-order valence-corrected chi connectivity index (χ0v) is 13.0. The number of rotatable bonds is 1. The first-order valence-corrected chi connectivity index (χ1v) is 7.95. The van der Waals surface area contributed by atoms with Gasteiger partial charge in [-0.1, -0.05) is 30.3 Å². The van der Waals surface area contributed by atoms with Crippen LogP contribution in [0.2, 0.25) is 0 Å². The average Bonchev–Trinajstić information content (AvgIpc) is 2.89. The number of aryl methyl sites for hydroxylation is 2. The van der Waals surface area contributed by atoms with Gasteiger partial charge >= 0.3 is 11.4 Å². The maximum atomic E-state index is 11.5. The number of hydrogen-bond acceptors (Lipinski definition) is 3. The van der Waals surface area contributed by atoms with E-state index in [2.05, 4.69) is 31.2 Å². The van der Waals surface area contributed by atoms with Crippen LogP contribution in [0.5, 0.6) is 11.5 Å². The van der Waals surface area contributed by atoms with Crippen LogP contribution in [-0.2, 0) is 18.4 Å². The third-order valence-electron chi connectivity index (χ3n) is 4.00. The average molecular weight is 312 g/mol. The van der Waals surface area contributed by atoms with Crippen LogP contribution in [0.25, 0.3) is 22.0 Å². The Hall–Kier alpha value is -2.40. The molecule has 22 heavy (non-hydrogen) atoms. The standard InChI is InChI=1S/C17H14NO3S/c1-11-13-6-4-3-5-12(13)7-8-14(11)16-17-15(9-10-18(16)2)20-22(19)21-17/h3-10H,1-2H3/q+1. The Morgan fingerprint density at radius 2 is 1.86 bits per heavy atom. The highest BCUT2D eigenvalue weighted by molar-refractivity contribution is 7.76. The van der Waals surface area contributed by atoms with Crippen molar-refractivity contribution in [2.24, 2.45) is 7.05 Å². The topological polar surface area (TPSA) is 39.4 Å². The summed E-state index contributed by atoms with van der Waals surface area (Å²) < 4.78 is 24.1. The van der Waals surface area contributed by atoms with Crippen molar-refractivity contribution in [2.75, 3.05) is 0 Å². The van der Waals surface area contributed by atoms with E-state index in [4.69, 9.17) is 8.37 Å². The smallest absolute Gasteiger partial charge is 0.367 e. The third-order valence-corrected chi connectivity index (χ3v) is 4.62. The van der Waals surface area contributed by atoms with Crippen molar-refractivity contribution in [3.63, 3.8) is 0 Å². The van der Waals surface area contributed by atoms with E-state index in [1.165, 1.54) is 10.8 Å². The second-order valence-electron chi connectivity index (χ2n) is 5.30. The summed E-state index contributed by atoms with van der Waals surface area (Å²) in [4.78, 5) is 0. The molecule has 0 fully saturated rings. The molecule has 4 rings (SSSR count). The van der Waals surface area contributed by atoms with E-state index in [-0.39, 0.29) is 0 Å². The van der Waals surface area contributed by atoms with E-state index in [1.807, 2.05) is 29.9 Å². The highest BCUT2D eigenvalue weighted by atomic mass is 32.2. The van der Waals surface area contributed by atoms with Gasteiger partial charge in [-0.25, -0.2) is 0 Å². The maximum Gasteiger partial charge on any atom is 0.418 e. The Bertz CT molecular complexity index is 937. The number of nitrogens with zero attached hydrogens (tertiary/aromatic N) is 1. The largest absolute Gasteiger partial charge is 0.418 e. The first-order valence-electron chi connectivity index (χ1n) is 6.95. The van der Waals surface area contributed by atoms with E-state index in [0.717, 1.165) is 16.8 Å². The van der Waals surface area contributed by atoms with Crippen LogP contribution in [0.15, 0.2) is 48.7 Å². The van der Waals surface area contributed by atoms with Gasteiger partial charge in [-0.15, -0.1) is 0 Å². The van der Waals surface area contributed by atoms with Crippen molar-refractivity contribution in [1.82, 2.24) is 0 Å². The van der Waals surface area contributed by atoms with E-state index in [1.54, 1.807) is 6.07 Å². The lowest BCUT2D eigenvalue weighted by atomic mass is 9.97. The molecule has 0 spiro atoms. The van der Waals surface area contributed by atoms with Gasteiger partial charge in [0.15, 0.2) is 11.9 Å². The molecule has 1 atom stereocenters. The fourth-order valence-corrected chi connectivity index (χ4v) is 3.52. The quantitative estimate of drug-likeness (QED) is 0.649. The Balaban J connectivity index is 2.03. The summed E-state index contributed by atoms with van der Waals surface area (Å²) >= 11 is -1.76. The van der Waals surface area contributed by atoms with Crippen molar-refractivity contribution in [3.8, 4) is 22.8 Å². The van der Waals surface area contributed by atoms with Gasteiger partial charge in [-0.2, -0.15) is 8.78 Å². The monoisotopic (exact) mass is 312 g/mol. The molecule has 1 aliphatic rings. The van der Waals surface area contributed by atoms with Crippen LogP contribution in [0.3, 0.4) is 0 Å². The zero-order chi connectivity index (χ0) is 15.3. The molecule has 2 heterocycles. The van der Waals surface area contributed by atoms with Gasteiger partial charge in [0.05, 0.1) is 11.6 Å². The summed E-state index contributed by atoms with van der Waals surface area (Å²) in [6, 6.07) is 14.2. The van der Waals surface area contributed by atoms with Crippen LogP contribution in [0.4, 0.5) is 0 Å². The summed E-state index contributed by atoms with van der Waals surface area (Å²) in [6.07, 6.45) is 1.88. The zero-order valence-electron chi connectivity index (χ0n) is 12.2. The fourth-order valence-electron chi connectivity index (χ4n) is 2.91. The van der Waals surface area contributed by atoms with Crippen molar-refractivity contribution >= 4 is 22.1 Å². The minimum atomic E-state index is -1.76. The first-order chi connectivity index (χ1) is 10.6. The number of pyridine rings is 1. The lowest BCUT2D eigenvalue weighted by Gasteiger charge is -2.09. The lowest BCUT2D eigenvalue weighted by Crippen LogP contribution is -2.30. The molecule has 3 aromatic rings. The van der Waals surface area contributed by atoms with Crippen LogP contribution >= 0.6 is 0 Å². The molecule has 1 aliphatic heterocycles. The van der Waals surface area contributed by atoms with Crippen LogP contribution in [-0.4, -0.2) is 4.21 Å². The van der Waals surface area contributed by atoms with Crippen LogP contribution < -0.4 is 12.9 Å². The van der Waals surface area contributed by atoms with E-state index < -0.39 is 11.4 Å². The molecule has 0 amide bonds. The molecule has 110 valence electrons. The number of fused-ring (bicyclic) bond motifs is 2. The summed E-state index contributed by atoms with van der Waals surface area (Å²) in [5.74, 6) is 1.04. The third kappa shape index (κ3) is 1.89. The molecule has 1 aromatic heterocycles. The molecule has 1 unspecified atom stereocenters. The summed E-state index contributed by atoms with van der Waals surface area (Å²) in [5.41, 5.74) is 3.07. The highest BCUT2D eigenvalue weighted by Crippen LogP contribution is 2.42. The van der Waals surface area contributed by atoms with Gasteiger partial charge in [-0.05, 0) is 29.3 Å². The molecule has 0 bridgehead atoms. The second-order valence-corrected chi connectivity index (χ2v) is 6.04. The molecule has 0 saturated carbocycles. The summed E-state index contributed by atoms with van der Waals surface area (Å²) in [7, 11) is 1.94. The molecule has 4 nitrogen and oxygen atoms in total. The maximum absolute atomic E-state index is 11.5. The molecule has 0 saturated heterocycles. The molecule has 2 aromatic carbocycles. The number of benzene rings is 2. The predicted molar refractivity (Wildman–Crippen MR) is 84.7 cm³/mol. The van der Waals surface area contributed by atoms with Gasteiger partial charge in [0.2, 0.25) is 0 Å². The molecule has 5 heteroatoms. The lowest BCUT2D eigenvalue weighted by molar-refractivity contribution is -0.660. The molecular weight excluding hydrogens is 298 g/mol. The van der Waals surface area contributed by atoms with Gasteiger partial charge in [0.25, 0.3) is 11.4 Å². The number of hydrogen-bond donors (Lipinski definition) is 0. The van der Waals surface area contributed by atoms with Crippen LogP contribution in [0, 0.1) is 6.92 Å². The van der Waals surface area contributed by atoms with Crippen molar-refractivity contribution in [3.05, 3.63) is 54.2 Å². The van der Waals surface area contributed by atoms with Crippen molar-refractivity contribution in [1.29, 1.82) is 0 Å². The molecule has 0 aliphatic carbocycles. The Labute approximate surface area is 130 Å². The van der Waals surface area contributed by atoms with Crippen molar-refractivity contribution in [2.45, 2.75) is 6.92 Å². The fraction of sp³-hybridized carbons (Fsp3) is 0.118. The summed E-state index contributed by atoms with van der Waals surface area (Å²) in [6.45, 7) is 2.09. The second kappa shape index (κ2) is 4.81. The van der Waals surface area contributed by atoms with Gasteiger partial charge in [0, 0.05) is 0 Å². The van der Waals surface area contributed by atoms with E-state index in [0.29, 0.717) is 11.5 Å². The van der Waals surface area contributed by atoms with Gasteiger partial charge in [0.1, 0.15) is 7.05 Å². The summed E-state index contributed by atoms with van der Waals surface area (Å²) in [5, 5.41) is 2.39. The van der Waals surface area contributed by atoms with Gasteiger partial charge in [-0.3, -0.25) is 0 Å². The normalized spacial score (nSPS) is 16.2. The SMILES string of the molecule is Cc1c(-c2c3c(cc[n+]2C)OS(=O)O3)ccc2ccccc12. The minimum absolute atomic E-state index is 0.513. The van der Waals surface area contributed by atoms with Gasteiger partial charge < -0.3 is 8.37 Å². The molecule has 0 N–H and O–H groups in total.